The third-order valence-corrected chi connectivity index (χ3v) is 4.00. The Kier molecular flexibility index (Phi) is 6.76. The van der Waals surface area contributed by atoms with Crippen molar-refractivity contribution in [3.05, 3.63) is 35.9 Å². The van der Waals surface area contributed by atoms with Gasteiger partial charge in [-0.3, -0.25) is 4.79 Å². The van der Waals surface area contributed by atoms with Crippen molar-refractivity contribution in [2.45, 2.75) is 13.0 Å². The van der Waals surface area contributed by atoms with E-state index in [1.165, 1.54) is 35.5 Å². The standard InChI is InChI=1S/C20H24O7/c1-12(27-20-14(22-2)8-7-9-15(20)23-3)18(21)13-10-16(24-4)19(26-6)17(11-13)25-5/h7-12H,1-6H3. The van der Waals surface area contributed by atoms with Crippen LogP contribution in [0.5, 0.6) is 34.5 Å². The van der Waals surface area contributed by atoms with Gasteiger partial charge in [-0.25, -0.2) is 0 Å². The Labute approximate surface area is 158 Å². The summed E-state index contributed by atoms with van der Waals surface area (Å²) in [6.45, 7) is 1.65. The molecule has 1 unspecified atom stereocenters. The number of rotatable bonds is 9. The van der Waals surface area contributed by atoms with Crippen molar-refractivity contribution < 1.29 is 33.2 Å². The second kappa shape index (κ2) is 9.02. The lowest BCUT2D eigenvalue weighted by atomic mass is 10.1. The summed E-state index contributed by atoms with van der Waals surface area (Å²) < 4.78 is 32.4. The van der Waals surface area contributed by atoms with E-state index in [1.54, 1.807) is 37.3 Å². The number of methoxy groups -OCH3 is 5. The normalized spacial score (nSPS) is 11.3. The fraction of sp³-hybridized carbons (Fsp3) is 0.350. The highest BCUT2D eigenvalue weighted by Gasteiger charge is 2.24. The van der Waals surface area contributed by atoms with Crippen molar-refractivity contribution >= 4 is 5.78 Å². The van der Waals surface area contributed by atoms with E-state index in [4.69, 9.17) is 28.4 Å². The minimum Gasteiger partial charge on any atom is -0.493 e. The Morgan fingerprint density at radius 3 is 1.63 bits per heavy atom. The molecule has 0 fully saturated rings. The van der Waals surface area contributed by atoms with Gasteiger partial charge >= 0.3 is 0 Å². The maximum Gasteiger partial charge on any atom is 0.204 e. The van der Waals surface area contributed by atoms with Gasteiger partial charge in [0.15, 0.2) is 29.1 Å². The van der Waals surface area contributed by atoms with E-state index in [0.717, 1.165) is 0 Å². The van der Waals surface area contributed by atoms with Crippen molar-refractivity contribution in [1.29, 1.82) is 0 Å². The smallest absolute Gasteiger partial charge is 0.204 e. The van der Waals surface area contributed by atoms with Crippen molar-refractivity contribution in [2.75, 3.05) is 35.5 Å². The van der Waals surface area contributed by atoms with E-state index < -0.39 is 6.10 Å². The van der Waals surface area contributed by atoms with Crippen molar-refractivity contribution in [2.24, 2.45) is 0 Å². The Balaban J connectivity index is 2.36. The van der Waals surface area contributed by atoms with Crippen LogP contribution in [0.2, 0.25) is 0 Å². The highest BCUT2D eigenvalue weighted by atomic mass is 16.5. The van der Waals surface area contributed by atoms with Gasteiger partial charge in [0, 0.05) is 5.56 Å². The monoisotopic (exact) mass is 376 g/mol. The molecule has 0 saturated carbocycles. The van der Waals surface area contributed by atoms with Gasteiger partial charge in [-0.15, -0.1) is 0 Å². The zero-order chi connectivity index (χ0) is 20.0. The molecule has 0 amide bonds. The Morgan fingerprint density at radius 2 is 1.22 bits per heavy atom. The van der Waals surface area contributed by atoms with Gasteiger partial charge in [-0.05, 0) is 31.2 Å². The molecule has 0 aromatic heterocycles. The maximum absolute atomic E-state index is 12.9. The van der Waals surface area contributed by atoms with Crippen LogP contribution in [-0.4, -0.2) is 47.4 Å². The molecule has 2 aromatic carbocycles. The second-order valence-electron chi connectivity index (χ2n) is 5.53. The van der Waals surface area contributed by atoms with Crippen LogP contribution in [0.25, 0.3) is 0 Å². The summed E-state index contributed by atoms with van der Waals surface area (Å²) in [4.78, 5) is 12.9. The van der Waals surface area contributed by atoms with Gasteiger partial charge in [-0.2, -0.15) is 0 Å². The Hall–Kier alpha value is -3.09. The molecule has 0 bridgehead atoms. The number of carbonyl (C=O) groups excluding carboxylic acids is 1. The van der Waals surface area contributed by atoms with Gasteiger partial charge in [0.1, 0.15) is 0 Å². The highest BCUT2D eigenvalue weighted by Crippen LogP contribution is 2.40. The van der Waals surface area contributed by atoms with Crippen molar-refractivity contribution in [1.82, 2.24) is 0 Å². The van der Waals surface area contributed by atoms with Crippen molar-refractivity contribution in [3.63, 3.8) is 0 Å². The molecule has 0 radical (unpaired) electrons. The summed E-state index contributed by atoms with van der Waals surface area (Å²) >= 11 is 0. The number of para-hydroxylation sites is 1. The molecule has 146 valence electrons. The van der Waals surface area contributed by atoms with Gasteiger partial charge in [0.05, 0.1) is 35.5 Å². The summed E-state index contributed by atoms with van der Waals surface area (Å²) in [5, 5.41) is 0. The highest BCUT2D eigenvalue weighted by molar-refractivity contribution is 6.00. The van der Waals surface area contributed by atoms with E-state index in [1.807, 2.05) is 0 Å². The average molecular weight is 376 g/mol. The minimum atomic E-state index is -0.807. The molecule has 2 aromatic rings. The van der Waals surface area contributed by atoms with E-state index in [2.05, 4.69) is 0 Å². The number of benzene rings is 2. The first-order valence-corrected chi connectivity index (χ1v) is 8.22. The van der Waals surface area contributed by atoms with E-state index in [9.17, 15) is 4.79 Å². The van der Waals surface area contributed by atoms with Crippen LogP contribution in [0.1, 0.15) is 17.3 Å². The molecule has 0 aliphatic carbocycles. The summed E-state index contributed by atoms with van der Waals surface area (Å²) in [7, 11) is 7.53. The molecule has 0 saturated heterocycles. The molecule has 0 N–H and O–H groups in total. The van der Waals surface area contributed by atoms with Gasteiger partial charge in [-0.1, -0.05) is 6.07 Å². The van der Waals surface area contributed by atoms with Crippen LogP contribution < -0.4 is 28.4 Å². The van der Waals surface area contributed by atoms with E-state index in [0.29, 0.717) is 40.1 Å². The van der Waals surface area contributed by atoms with Gasteiger partial charge in [0.25, 0.3) is 0 Å². The van der Waals surface area contributed by atoms with E-state index in [-0.39, 0.29) is 5.78 Å². The second-order valence-corrected chi connectivity index (χ2v) is 5.53. The number of ether oxygens (including phenoxy) is 6. The van der Waals surface area contributed by atoms with E-state index >= 15 is 0 Å². The summed E-state index contributed by atoms with van der Waals surface area (Å²) in [6, 6.07) is 8.41. The topological polar surface area (TPSA) is 72.5 Å². The zero-order valence-electron chi connectivity index (χ0n) is 16.3. The van der Waals surface area contributed by atoms with Crippen molar-refractivity contribution in [3.8, 4) is 34.5 Å². The molecule has 2 rings (SSSR count). The van der Waals surface area contributed by atoms with Gasteiger partial charge < -0.3 is 28.4 Å². The zero-order valence-corrected chi connectivity index (χ0v) is 16.3. The molecular formula is C20H24O7. The third kappa shape index (κ3) is 4.19. The first kappa shape index (κ1) is 20.2. The average Bonchev–Trinajstić information content (AvgIpc) is 2.71. The molecule has 7 nitrogen and oxygen atoms in total. The van der Waals surface area contributed by atoms with Crippen LogP contribution >= 0.6 is 0 Å². The number of carbonyl (C=O) groups is 1. The molecule has 0 heterocycles. The lowest BCUT2D eigenvalue weighted by molar-refractivity contribution is 0.0808. The lowest BCUT2D eigenvalue weighted by Crippen LogP contribution is -2.24. The summed E-state index contributed by atoms with van der Waals surface area (Å²) in [5.41, 5.74) is 0.367. The van der Waals surface area contributed by atoms with Crippen LogP contribution in [0.4, 0.5) is 0 Å². The van der Waals surface area contributed by atoms with Crippen LogP contribution in [0.15, 0.2) is 30.3 Å². The number of Topliss-reactive ketones (excluding diaryl/α,β-unsaturated/α-hetero) is 1. The van der Waals surface area contributed by atoms with Gasteiger partial charge in [0.2, 0.25) is 17.3 Å². The molecule has 0 spiro atoms. The lowest BCUT2D eigenvalue weighted by Gasteiger charge is -2.19. The quantitative estimate of drug-likeness (QED) is 0.621. The van der Waals surface area contributed by atoms with Crippen LogP contribution in [0, 0.1) is 0 Å². The minimum absolute atomic E-state index is 0.262. The van der Waals surface area contributed by atoms with Crippen LogP contribution in [0.3, 0.4) is 0 Å². The molecule has 0 aliphatic heterocycles. The first-order valence-electron chi connectivity index (χ1n) is 8.22. The predicted octanol–water partition coefficient (Wildman–Crippen LogP) is 3.38. The number of ketones is 1. The summed E-state index contributed by atoms with van der Waals surface area (Å²) in [5.74, 6) is 2.23. The molecule has 0 aliphatic rings. The first-order chi connectivity index (χ1) is 13.0. The van der Waals surface area contributed by atoms with Crippen LogP contribution in [-0.2, 0) is 0 Å². The SMILES string of the molecule is COc1cc(C(=O)C(C)Oc2c(OC)cccc2OC)cc(OC)c1OC. The number of hydrogen-bond acceptors (Lipinski definition) is 7. The largest absolute Gasteiger partial charge is 0.493 e. The Morgan fingerprint density at radius 1 is 0.741 bits per heavy atom. The Bertz CT molecular complexity index is 754. The number of hydrogen-bond donors (Lipinski definition) is 0. The predicted molar refractivity (Wildman–Crippen MR) is 100 cm³/mol. The molecule has 7 heteroatoms. The third-order valence-electron chi connectivity index (χ3n) is 4.00. The maximum atomic E-state index is 12.9. The molecule has 27 heavy (non-hydrogen) atoms. The molecule has 1 atom stereocenters. The fourth-order valence-corrected chi connectivity index (χ4v) is 2.62. The summed E-state index contributed by atoms with van der Waals surface area (Å²) in [6.07, 6.45) is -0.807. The molecular weight excluding hydrogens is 352 g/mol. The fourth-order valence-electron chi connectivity index (χ4n) is 2.62.